The Morgan fingerprint density at radius 2 is 2.09 bits per heavy atom. The van der Waals surface area contributed by atoms with Gasteiger partial charge in [-0.3, -0.25) is 9.59 Å². The van der Waals surface area contributed by atoms with Gasteiger partial charge in [0.15, 0.2) is 0 Å². The third-order valence-electron chi connectivity index (χ3n) is 3.82. The van der Waals surface area contributed by atoms with Gasteiger partial charge in [-0.2, -0.15) is 0 Å². The number of amides is 1. The molecular weight excluding hydrogens is 286 g/mol. The van der Waals surface area contributed by atoms with E-state index in [4.69, 9.17) is 14.6 Å². The molecule has 1 N–H and O–H groups in total. The van der Waals surface area contributed by atoms with Crippen LogP contribution in [0.3, 0.4) is 0 Å². The summed E-state index contributed by atoms with van der Waals surface area (Å²) < 4.78 is 10.7. The minimum Gasteiger partial charge on any atom is -0.497 e. The van der Waals surface area contributed by atoms with Gasteiger partial charge >= 0.3 is 5.97 Å². The van der Waals surface area contributed by atoms with Crippen molar-refractivity contribution in [1.29, 1.82) is 0 Å². The topological polar surface area (TPSA) is 76.1 Å². The fourth-order valence-corrected chi connectivity index (χ4v) is 2.48. The second kappa shape index (κ2) is 6.79. The number of carboxylic acid groups (broad SMARTS) is 1. The van der Waals surface area contributed by atoms with Crippen LogP contribution >= 0.6 is 0 Å². The van der Waals surface area contributed by atoms with E-state index < -0.39 is 11.6 Å². The van der Waals surface area contributed by atoms with Gasteiger partial charge < -0.3 is 19.5 Å². The van der Waals surface area contributed by atoms with Gasteiger partial charge in [0.25, 0.3) is 0 Å². The summed E-state index contributed by atoms with van der Waals surface area (Å²) in [5.74, 6) is -0.171. The summed E-state index contributed by atoms with van der Waals surface area (Å²) in [6, 6.07) is 7.53. The Kier molecular flexibility index (Phi) is 5.03. The lowest BCUT2D eigenvalue weighted by molar-refractivity contribution is -0.164. The molecule has 1 aliphatic heterocycles. The predicted molar refractivity (Wildman–Crippen MR) is 79.6 cm³/mol. The predicted octanol–water partition coefficient (Wildman–Crippen LogP) is 1.68. The maximum absolute atomic E-state index is 12.0. The zero-order valence-corrected chi connectivity index (χ0v) is 12.9. The number of carbonyl (C=O) groups excluding carboxylic acids is 1. The molecule has 1 atom stereocenters. The van der Waals surface area contributed by atoms with Gasteiger partial charge in [0.2, 0.25) is 5.91 Å². The zero-order chi connectivity index (χ0) is 16.2. The Balaban J connectivity index is 2.01. The molecule has 0 aromatic heterocycles. The Morgan fingerprint density at radius 3 is 2.68 bits per heavy atom. The Bertz CT molecular complexity index is 542. The third kappa shape index (κ3) is 4.21. The van der Waals surface area contributed by atoms with Gasteiger partial charge in [0, 0.05) is 19.5 Å². The fourth-order valence-electron chi connectivity index (χ4n) is 2.48. The van der Waals surface area contributed by atoms with Crippen LogP contribution in [0.1, 0.15) is 25.3 Å². The quantitative estimate of drug-likeness (QED) is 0.865. The lowest BCUT2D eigenvalue weighted by atomic mass is 9.97. The van der Waals surface area contributed by atoms with Gasteiger partial charge in [-0.15, -0.1) is 0 Å². The molecule has 2 rings (SSSR count). The Morgan fingerprint density at radius 1 is 1.41 bits per heavy atom. The number of benzene rings is 1. The molecule has 6 heteroatoms. The number of nitrogens with zero attached hydrogens (tertiary/aromatic N) is 1. The minimum atomic E-state index is -0.858. The van der Waals surface area contributed by atoms with E-state index in [1.165, 1.54) is 0 Å². The highest BCUT2D eigenvalue weighted by molar-refractivity contribution is 5.78. The normalized spacial score (nSPS) is 21.7. The van der Waals surface area contributed by atoms with E-state index in [1.54, 1.807) is 12.0 Å². The van der Waals surface area contributed by atoms with Crippen LogP contribution in [0.25, 0.3) is 0 Å². The molecule has 1 aliphatic rings. The van der Waals surface area contributed by atoms with Crippen LogP contribution in [-0.4, -0.2) is 47.7 Å². The number of carboxylic acids is 1. The van der Waals surface area contributed by atoms with Crippen molar-refractivity contribution in [3.63, 3.8) is 0 Å². The van der Waals surface area contributed by atoms with Crippen molar-refractivity contribution in [2.75, 3.05) is 20.3 Å². The molecule has 1 unspecified atom stereocenters. The second-order valence-electron chi connectivity index (χ2n) is 5.73. The first-order valence-corrected chi connectivity index (χ1v) is 7.18. The van der Waals surface area contributed by atoms with E-state index in [0.29, 0.717) is 19.5 Å². The van der Waals surface area contributed by atoms with Crippen LogP contribution in [0.5, 0.6) is 5.75 Å². The average Bonchev–Trinajstić information content (AvgIpc) is 2.50. The molecule has 0 aliphatic carbocycles. The second-order valence-corrected chi connectivity index (χ2v) is 5.73. The molecule has 22 heavy (non-hydrogen) atoms. The van der Waals surface area contributed by atoms with Gasteiger partial charge in [-0.05, 0) is 31.0 Å². The Hall–Kier alpha value is -2.08. The molecule has 0 spiro atoms. The van der Waals surface area contributed by atoms with Crippen LogP contribution in [0, 0.1) is 0 Å². The van der Waals surface area contributed by atoms with Crippen LogP contribution in [0.4, 0.5) is 0 Å². The first-order chi connectivity index (χ1) is 10.4. The van der Waals surface area contributed by atoms with Crippen LogP contribution < -0.4 is 4.74 Å². The number of rotatable bonds is 6. The largest absolute Gasteiger partial charge is 0.497 e. The summed E-state index contributed by atoms with van der Waals surface area (Å²) >= 11 is 0. The fraction of sp³-hybridized carbons (Fsp3) is 0.500. The maximum atomic E-state index is 12.0. The lowest BCUT2D eigenvalue weighted by Gasteiger charge is -2.40. The van der Waals surface area contributed by atoms with E-state index in [2.05, 4.69) is 0 Å². The number of methoxy groups -OCH3 is 1. The number of morpholine rings is 1. The summed E-state index contributed by atoms with van der Waals surface area (Å²) in [5.41, 5.74) is 0.385. The SMILES string of the molecule is COc1ccc(CN2CC(C)(CCC(=O)O)OCC2=O)cc1. The third-order valence-corrected chi connectivity index (χ3v) is 3.82. The van der Waals surface area contributed by atoms with Gasteiger partial charge in [-0.25, -0.2) is 0 Å². The van der Waals surface area contributed by atoms with Crippen molar-refractivity contribution in [2.24, 2.45) is 0 Å². The van der Waals surface area contributed by atoms with E-state index in [0.717, 1.165) is 11.3 Å². The van der Waals surface area contributed by atoms with Gasteiger partial charge in [0.05, 0.1) is 12.7 Å². The molecule has 1 fully saturated rings. The summed E-state index contributed by atoms with van der Waals surface area (Å²) in [6.07, 6.45) is 0.412. The highest BCUT2D eigenvalue weighted by Gasteiger charge is 2.36. The maximum Gasteiger partial charge on any atom is 0.303 e. The number of hydrogen-bond acceptors (Lipinski definition) is 4. The number of hydrogen-bond donors (Lipinski definition) is 1. The molecule has 1 amide bonds. The highest BCUT2D eigenvalue weighted by atomic mass is 16.5. The highest BCUT2D eigenvalue weighted by Crippen LogP contribution is 2.25. The Labute approximate surface area is 129 Å². The zero-order valence-electron chi connectivity index (χ0n) is 12.9. The number of aliphatic carboxylic acids is 1. The van der Waals surface area contributed by atoms with E-state index in [1.807, 2.05) is 31.2 Å². The van der Waals surface area contributed by atoms with Crippen molar-refractivity contribution in [3.05, 3.63) is 29.8 Å². The van der Waals surface area contributed by atoms with Gasteiger partial charge in [0.1, 0.15) is 12.4 Å². The van der Waals surface area contributed by atoms with Crippen molar-refractivity contribution >= 4 is 11.9 Å². The summed E-state index contributed by atoms with van der Waals surface area (Å²) in [5, 5.41) is 8.81. The molecule has 120 valence electrons. The van der Waals surface area contributed by atoms with Crippen molar-refractivity contribution in [2.45, 2.75) is 31.9 Å². The molecule has 6 nitrogen and oxygen atoms in total. The molecular formula is C16H21NO5. The first kappa shape index (κ1) is 16.3. The molecule has 1 saturated heterocycles. The first-order valence-electron chi connectivity index (χ1n) is 7.18. The smallest absolute Gasteiger partial charge is 0.303 e. The van der Waals surface area contributed by atoms with Crippen LogP contribution in [0.15, 0.2) is 24.3 Å². The van der Waals surface area contributed by atoms with Crippen molar-refractivity contribution in [1.82, 2.24) is 4.90 Å². The average molecular weight is 307 g/mol. The molecule has 1 aromatic carbocycles. The van der Waals surface area contributed by atoms with E-state index >= 15 is 0 Å². The minimum absolute atomic E-state index is 0.00766. The standard InChI is InChI=1S/C16H21NO5/c1-16(8-7-15(19)20)11-17(14(18)10-22-16)9-12-3-5-13(21-2)6-4-12/h3-6H,7-11H2,1-2H3,(H,19,20). The van der Waals surface area contributed by atoms with E-state index in [9.17, 15) is 9.59 Å². The molecule has 0 saturated carbocycles. The molecule has 0 bridgehead atoms. The molecule has 1 heterocycles. The summed E-state index contributed by atoms with van der Waals surface area (Å²) in [6.45, 7) is 2.72. The van der Waals surface area contributed by atoms with Crippen molar-refractivity contribution in [3.8, 4) is 5.75 Å². The lowest BCUT2D eigenvalue weighted by Crippen LogP contribution is -2.52. The number of carbonyl (C=O) groups is 2. The summed E-state index contributed by atoms with van der Waals surface area (Å²) in [7, 11) is 1.61. The molecule has 1 aromatic rings. The van der Waals surface area contributed by atoms with Crippen LogP contribution in [-0.2, 0) is 20.9 Å². The van der Waals surface area contributed by atoms with Crippen molar-refractivity contribution < 1.29 is 24.2 Å². The van der Waals surface area contributed by atoms with Gasteiger partial charge in [-0.1, -0.05) is 12.1 Å². The molecule has 0 radical (unpaired) electrons. The summed E-state index contributed by atoms with van der Waals surface area (Å²) in [4.78, 5) is 24.5. The van der Waals surface area contributed by atoms with E-state index in [-0.39, 0.29) is 18.9 Å². The van der Waals surface area contributed by atoms with Crippen LogP contribution in [0.2, 0.25) is 0 Å². The monoisotopic (exact) mass is 307 g/mol. The number of ether oxygens (including phenoxy) is 2.